The lowest BCUT2D eigenvalue weighted by molar-refractivity contribution is -0.384. The highest BCUT2D eigenvalue weighted by molar-refractivity contribution is 7.90. The maximum absolute atomic E-state index is 11.3. The zero-order valence-electron chi connectivity index (χ0n) is 10.4. The highest BCUT2D eigenvalue weighted by Crippen LogP contribution is 2.27. The Morgan fingerprint density at radius 3 is 2.35 bits per heavy atom. The molecule has 0 saturated heterocycles. The van der Waals surface area contributed by atoms with Crippen molar-refractivity contribution in [3.63, 3.8) is 0 Å². The van der Waals surface area contributed by atoms with E-state index in [1.54, 1.807) is 0 Å². The average Bonchev–Trinajstić information content (AvgIpc) is 2.25. The third-order valence-corrected chi connectivity index (χ3v) is 4.18. The Balaban J connectivity index is 3.06. The molecule has 0 amide bonds. The van der Waals surface area contributed by atoms with Crippen LogP contribution in [-0.2, 0) is 19.9 Å². The molecule has 11 heteroatoms. The number of sulfonamides is 1. The molecule has 0 unspecified atom stereocenters. The molecule has 1 aromatic rings. The summed E-state index contributed by atoms with van der Waals surface area (Å²) >= 11 is 0. The topological polar surface area (TPSA) is 149 Å². The molecule has 112 valence electrons. The first kappa shape index (κ1) is 16.3. The highest BCUT2D eigenvalue weighted by atomic mass is 32.2. The molecule has 0 saturated carbocycles. The number of anilines is 1. The monoisotopic (exact) mass is 323 g/mol. The Morgan fingerprint density at radius 1 is 1.30 bits per heavy atom. The van der Waals surface area contributed by atoms with Crippen molar-refractivity contribution in [2.75, 3.05) is 23.9 Å². The molecule has 9 nitrogen and oxygen atoms in total. The van der Waals surface area contributed by atoms with Crippen LogP contribution >= 0.6 is 0 Å². The standard InChI is InChI=1S/C9H13N3O6S2/c1-19(15,16)7-2-3-8(9(6-7)12(13)14)11-4-5-20(10,17)18/h2-3,6,11H,4-5H2,1H3,(H2,10,17,18). The van der Waals surface area contributed by atoms with Crippen molar-refractivity contribution in [2.45, 2.75) is 4.90 Å². The Labute approximate surface area is 115 Å². The molecule has 0 aromatic heterocycles. The van der Waals surface area contributed by atoms with E-state index in [1.807, 2.05) is 0 Å². The van der Waals surface area contributed by atoms with Crippen LogP contribution in [0.5, 0.6) is 0 Å². The number of nitrogens with two attached hydrogens (primary N) is 1. The number of benzene rings is 1. The first-order valence-corrected chi connectivity index (χ1v) is 8.84. The Hall–Kier alpha value is -1.72. The maximum atomic E-state index is 11.3. The van der Waals surface area contributed by atoms with Gasteiger partial charge in [-0.3, -0.25) is 10.1 Å². The second-order valence-electron chi connectivity index (χ2n) is 4.00. The van der Waals surface area contributed by atoms with Crippen molar-refractivity contribution in [1.82, 2.24) is 0 Å². The molecule has 0 aliphatic carbocycles. The van der Waals surface area contributed by atoms with Crippen LogP contribution in [0.15, 0.2) is 23.1 Å². The lowest BCUT2D eigenvalue weighted by atomic mass is 10.2. The summed E-state index contributed by atoms with van der Waals surface area (Å²) in [5, 5.41) is 18.2. The molecule has 0 bridgehead atoms. The number of nitro benzene ring substituents is 1. The summed E-state index contributed by atoms with van der Waals surface area (Å²) in [6, 6.07) is 3.31. The number of nitro groups is 1. The van der Waals surface area contributed by atoms with E-state index in [0.29, 0.717) is 0 Å². The van der Waals surface area contributed by atoms with Gasteiger partial charge in [0.1, 0.15) is 5.69 Å². The summed E-state index contributed by atoms with van der Waals surface area (Å²) in [6.45, 7) is -0.127. The zero-order valence-corrected chi connectivity index (χ0v) is 12.1. The van der Waals surface area contributed by atoms with Gasteiger partial charge in [0.05, 0.1) is 15.6 Å². The number of nitrogens with zero attached hydrogens (tertiary/aromatic N) is 1. The van der Waals surface area contributed by atoms with E-state index in [2.05, 4.69) is 5.32 Å². The van der Waals surface area contributed by atoms with Crippen molar-refractivity contribution < 1.29 is 21.8 Å². The van der Waals surface area contributed by atoms with Gasteiger partial charge in [-0.05, 0) is 12.1 Å². The summed E-state index contributed by atoms with van der Waals surface area (Å²) in [6.07, 6.45) is 0.931. The Morgan fingerprint density at radius 2 is 1.90 bits per heavy atom. The molecule has 0 aliphatic heterocycles. The van der Waals surface area contributed by atoms with Crippen molar-refractivity contribution in [1.29, 1.82) is 0 Å². The molecule has 3 N–H and O–H groups in total. The van der Waals surface area contributed by atoms with Gasteiger partial charge in [0.2, 0.25) is 10.0 Å². The maximum Gasteiger partial charge on any atom is 0.293 e. The lowest BCUT2D eigenvalue weighted by Crippen LogP contribution is -2.22. The third-order valence-electron chi connectivity index (χ3n) is 2.30. The van der Waals surface area contributed by atoms with Crippen LogP contribution in [0.2, 0.25) is 0 Å². The predicted molar refractivity (Wildman–Crippen MR) is 72.7 cm³/mol. The molecule has 0 fully saturated rings. The second-order valence-corrected chi connectivity index (χ2v) is 7.75. The fourth-order valence-corrected chi connectivity index (χ4v) is 2.40. The highest BCUT2D eigenvalue weighted by Gasteiger charge is 2.18. The van der Waals surface area contributed by atoms with Gasteiger partial charge < -0.3 is 5.32 Å². The summed E-state index contributed by atoms with van der Waals surface area (Å²) in [5.41, 5.74) is -0.437. The Kier molecular flexibility index (Phi) is 4.68. The number of hydrogen-bond donors (Lipinski definition) is 2. The molecule has 0 radical (unpaired) electrons. The van der Waals surface area contributed by atoms with Crippen molar-refractivity contribution in [3.05, 3.63) is 28.3 Å². The van der Waals surface area contributed by atoms with E-state index >= 15 is 0 Å². The normalized spacial score (nSPS) is 12.1. The van der Waals surface area contributed by atoms with Gasteiger partial charge >= 0.3 is 0 Å². The minimum absolute atomic E-state index is 0.0195. The number of sulfone groups is 1. The number of hydrogen-bond acceptors (Lipinski definition) is 7. The number of nitrogens with one attached hydrogen (secondary N) is 1. The molecule has 0 atom stereocenters. The minimum atomic E-state index is -3.69. The SMILES string of the molecule is CS(=O)(=O)c1ccc(NCCS(N)(=O)=O)c([N+](=O)[O-])c1. The van der Waals surface area contributed by atoms with Crippen molar-refractivity contribution >= 4 is 31.2 Å². The van der Waals surface area contributed by atoms with E-state index in [0.717, 1.165) is 12.3 Å². The zero-order chi connectivity index (χ0) is 15.6. The first-order valence-electron chi connectivity index (χ1n) is 5.23. The molecular weight excluding hydrogens is 310 g/mol. The molecule has 0 aliphatic rings. The number of rotatable bonds is 6. The summed E-state index contributed by atoms with van der Waals surface area (Å²) in [5.74, 6) is -0.405. The smallest absolute Gasteiger partial charge is 0.293 e. The fraction of sp³-hybridized carbons (Fsp3) is 0.333. The predicted octanol–water partition coefficient (Wildman–Crippen LogP) is -0.301. The van der Waals surface area contributed by atoms with Gasteiger partial charge in [-0.2, -0.15) is 0 Å². The van der Waals surface area contributed by atoms with Gasteiger partial charge in [0.25, 0.3) is 5.69 Å². The van der Waals surface area contributed by atoms with Crippen LogP contribution in [0.3, 0.4) is 0 Å². The van der Waals surface area contributed by atoms with Gasteiger partial charge in [0.15, 0.2) is 9.84 Å². The van der Waals surface area contributed by atoms with Crippen LogP contribution in [0.4, 0.5) is 11.4 Å². The minimum Gasteiger partial charge on any atom is -0.378 e. The van der Waals surface area contributed by atoms with Crippen LogP contribution in [0.1, 0.15) is 0 Å². The first-order chi connectivity index (χ1) is 9.00. The lowest BCUT2D eigenvalue weighted by Gasteiger charge is -2.07. The third kappa shape index (κ3) is 4.75. The van der Waals surface area contributed by atoms with Gasteiger partial charge in [-0.1, -0.05) is 0 Å². The summed E-state index contributed by atoms with van der Waals surface area (Å²) in [4.78, 5) is 9.94. The van der Waals surface area contributed by atoms with E-state index < -0.39 is 36.2 Å². The van der Waals surface area contributed by atoms with Crippen molar-refractivity contribution in [2.24, 2.45) is 5.14 Å². The van der Waals surface area contributed by atoms with Crippen LogP contribution in [0, 0.1) is 10.1 Å². The van der Waals surface area contributed by atoms with Crippen molar-refractivity contribution in [3.8, 4) is 0 Å². The second kappa shape index (κ2) is 5.73. The molecule has 0 spiro atoms. The molecule has 0 heterocycles. The van der Waals surface area contributed by atoms with Crippen LogP contribution in [0.25, 0.3) is 0 Å². The van der Waals surface area contributed by atoms with E-state index in [-0.39, 0.29) is 17.1 Å². The fourth-order valence-electron chi connectivity index (χ4n) is 1.37. The molecule has 1 aromatic carbocycles. The van der Waals surface area contributed by atoms with Gasteiger partial charge in [0, 0.05) is 18.9 Å². The molecule has 1 rings (SSSR count). The molecule has 20 heavy (non-hydrogen) atoms. The van der Waals surface area contributed by atoms with E-state index in [4.69, 9.17) is 5.14 Å². The summed E-state index contributed by atoms with van der Waals surface area (Å²) < 4.78 is 44.2. The van der Waals surface area contributed by atoms with E-state index in [1.165, 1.54) is 12.1 Å². The van der Waals surface area contributed by atoms with Gasteiger partial charge in [-0.15, -0.1) is 0 Å². The van der Waals surface area contributed by atoms with E-state index in [9.17, 15) is 26.9 Å². The van der Waals surface area contributed by atoms with Crippen LogP contribution < -0.4 is 10.5 Å². The average molecular weight is 323 g/mol. The van der Waals surface area contributed by atoms with Gasteiger partial charge in [-0.25, -0.2) is 22.0 Å². The largest absolute Gasteiger partial charge is 0.378 e. The Bertz CT molecular complexity index is 726. The molecular formula is C9H13N3O6S2. The van der Waals surface area contributed by atoms with Crippen LogP contribution in [-0.4, -0.2) is 40.3 Å². The quantitative estimate of drug-likeness (QED) is 0.539. The summed E-state index contributed by atoms with van der Waals surface area (Å²) in [7, 11) is -7.25. The number of primary sulfonamides is 1.